The van der Waals surface area contributed by atoms with E-state index >= 15 is 0 Å². The van der Waals surface area contributed by atoms with Crippen molar-refractivity contribution in [3.63, 3.8) is 0 Å². The largest absolute Gasteiger partial charge is 0.462 e. The molecule has 5 aliphatic rings. The van der Waals surface area contributed by atoms with Gasteiger partial charge in [0.25, 0.3) is 0 Å². The van der Waals surface area contributed by atoms with Crippen molar-refractivity contribution in [3.05, 3.63) is 12.2 Å². The Morgan fingerprint density at radius 2 is 1.69 bits per heavy atom. The Morgan fingerprint density at radius 3 is 2.31 bits per heavy atom. The minimum absolute atomic E-state index is 0.165. The molecule has 9 nitrogen and oxygen atoms in total. The lowest BCUT2D eigenvalue weighted by Gasteiger charge is -2.70. The summed E-state index contributed by atoms with van der Waals surface area (Å²) >= 11 is 0. The topological polar surface area (TPSA) is 125 Å². The highest BCUT2D eigenvalue weighted by molar-refractivity contribution is 6.05. The van der Waals surface area contributed by atoms with Crippen molar-refractivity contribution in [1.29, 1.82) is 0 Å². The number of carbonyl (C=O) groups is 4. The molecule has 0 radical (unpaired) electrons. The van der Waals surface area contributed by atoms with Crippen LogP contribution in [-0.4, -0.2) is 60.0 Å². The van der Waals surface area contributed by atoms with Crippen molar-refractivity contribution >= 4 is 23.7 Å². The van der Waals surface area contributed by atoms with Gasteiger partial charge in [-0.25, -0.2) is 0 Å². The fourth-order valence-electron chi connectivity index (χ4n) is 8.85. The van der Waals surface area contributed by atoms with Crippen LogP contribution in [0.2, 0.25) is 0 Å². The van der Waals surface area contributed by atoms with Crippen LogP contribution in [-0.2, 0) is 38.1 Å². The van der Waals surface area contributed by atoms with Gasteiger partial charge in [-0.1, -0.05) is 19.9 Å². The highest BCUT2D eigenvalue weighted by Gasteiger charge is 2.82. The van der Waals surface area contributed by atoms with Crippen LogP contribution in [0.15, 0.2) is 12.2 Å². The number of rotatable bonds is 3. The number of hydrogen-bond acceptors (Lipinski definition) is 9. The van der Waals surface area contributed by atoms with Gasteiger partial charge in [0.1, 0.15) is 23.7 Å². The van der Waals surface area contributed by atoms with Crippen molar-refractivity contribution < 1.29 is 43.2 Å². The standard InChI is InChI=1S/C26H34O9/c1-12-16-9-17(33-13(2)27)20-25-8-6-7-24(5,11-32-23(25)31)18(25)10-19(34-14(3)28)26(20,21(12)30)22(16)35-15(4)29/h16-20,22-23,31H,1,6-11H2,2-5H3/t16-,17-,18+,19+,20-,22+,23?,24-,25-,26?/m0/s1. The number of aliphatic hydroxyl groups is 1. The highest BCUT2D eigenvalue weighted by Crippen LogP contribution is 2.74. The highest BCUT2D eigenvalue weighted by atomic mass is 16.6. The third-order valence-electron chi connectivity index (χ3n) is 9.70. The number of hydrogen-bond donors (Lipinski definition) is 1. The maximum absolute atomic E-state index is 14.2. The van der Waals surface area contributed by atoms with Crippen LogP contribution in [0, 0.1) is 34.0 Å². The molecule has 10 atom stereocenters. The van der Waals surface area contributed by atoms with Gasteiger partial charge < -0.3 is 24.1 Å². The number of ether oxygens (including phenoxy) is 4. The quantitative estimate of drug-likeness (QED) is 0.359. The fraction of sp³-hybridized carbons (Fsp3) is 0.769. The summed E-state index contributed by atoms with van der Waals surface area (Å²) in [5.74, 6) is -3.53. The van der Waals surface area contributed by atoms with Gasteiger partial charge in [-0.05, 0) is 42.6 Å². The summed E-state index contributed by atoms with van der Waals surface area (Å²) < 4.78 is 23.6. The van der Waals surface area contributed by atoms with E-state index in [9.17, 15) is 24.3 Å². The molecule has 2 unspecified atom stereocenters. The molecule has 5 fully saturated rings. The van der Waals surface area contributed by atoms with E-state index in [2.05, 4.69) is 13.5 Å². The lowest BCUT2D eigenvalue weighted by molar-refractivity contribution is -0.357. The van der Waals surface area contributed by atoms with Gasteiger partial charge in [0.05, 0.1) is 6.61 Å². The third-order valence-corrected chi connectivity index (χ3v) is 9.70. The van der Waals surface area contributed by atoms with E-state index in [1.54, 1.807) is 0 Å². The third kappa shape index (κ3) is 3.06. The second kappa shape index (κ2) is 7.87. The molecular weight excluding hydrogens is 456 g/mol. The predicted octanol–water partition coefficient (Wildman–Crippen LogP) is 2.09. The Labute approximate surface area is 204 Å². The van der Waals surface area contributed by atoms with E-state index in [1.807, 2.05) is 0 Å². The first-order valence-electron chi connectivity index (χ1n) is 12.4. The van der Waals surface area contributed by atoms with E-state index in [1.165, 1.54) is 20.8 Å². The predicted molar refractivity (Wildman–Crippen MR) is 119 cm³/mol. The molecule has 1 aliphatic heterocycles. The molecule has 0 amide bonds. The first-order valence-corrected chi connectivity index (χ1v) is 12.4. The molecule has 9 heteroatoms. The molecular formula is C26H34O9. The van der Waals surface area contributed by atoms with Gasteiger partial charge >= 0.3 is 17.9 Å². The summed E-state index contributed by atoms with van der Waals surface area (Å²) in [5.41, 5.74) is -2.54. The van der Waals surface area contributed by atoms with Gasteiger partial charge in [-0.3, -0.25) is 19.2 Å². The van der Waals surface area contributed by atoms with Gasteiger partial charge in [-0.15, -0.1) is 0 Å². The molecule has 0 aromatic heterocycles. The zero-order chi connectivity index (χ0) is 25.5. The van der Waals surface area contributed by atoms with Crippen LogP contribution in [0.4, 0.5) is 0 Å². The zero-order valence-corrected chi connectivity index (χ0v) is 20.7. The number of esters is 3. The number of carbonyl (C=O) groups excluding carboxylic acids is 4. The van der Waals surface area contributed by atoms with Crippen molar-refractivity contribution in [1.82, 2.24) is 0 Å². The molecule has 1 heterocycles. The first-order chi connectivity index (χ1) is 16.4. The molecule has 1 saturated heterocycles. The van der Waals surface area contributed by atoms with Crippen LogP contribution in [0.5, 0.6) is 0 Å². The van der Waals surface area contributed by atoms with Gasteiger partial charge in [0, 0.05) is 38.0 Å². The summed E-state index contributed by atoms with van der Waals surface area (Å²) in [5, 5.41) is 11.5. The Kier molecular flexibility index (Phi) is 5.49. The lowest BCUT2D eigenvalue weighted by Crippen LogP contribution is -2.76. The minimum atomic E-state index is -1.53. The zero-order valence-electron chi connectivity index (χ0n) is 20.7. The molecule has 192 valence electrons. The molecule has 1 N–H and O–H groups in total. The van der Waals surface area contributed by atoms with Crippen molar-refractivity contribution in [2.45, 2.75) is 84.4 Å². The maximum Gasteiger partial charge on any atom is 0.302 e. The monoisotopic (exact) mass is 490 g/mol. The number of fused-ring (bicyclic) bond motifs is 1. The van der Waals surface area contributed by atoms with Gasteiger partial charge in [0.15, 0.2) is 12.1 Å². The molecule has 5 rings (SSSR count). The van der Waals surface area contributed by atoms with Gasteiger partial charge in [0.2, 0.25) is 0 Å². The van der Waals surface area contributed by atoms with E-state index in [0.717, 1.165) is 12.8 Å². The summed E-state index contributed by atoms with van der Waals surface area (Å²) in [7, 11) is 0. The normalized spacial score (nSPS) is 47.9. The van der Waals surface area contributed by atoms with Crippen LogP contribution in [0.25, 0.3) is 0 Å². The first kappa shape index (κ1) is 24.4. The molecule has 4 aliphatic carbocycles. The molecule has 4 saturated carbocycles. The number of aliphatic hydroxyl groups excluding tert-OH is 1. The summed E-state index contributed by atoms with van der Waals surface area (Å²) in [4.78, 5) is 51.2. The SMILES string of the molecule is C=C1C(=O)C23[C@H](OC(C)=O)[C@H]1C[C@H](OC(C)=O)[C@H]2[C@@]12CCC[C@@](C)(COC1O)[C@H]2C[C@H]3OC(C)=O. The summed E-state index contributed by atoms with van der Waals surface area (Å²) in [6.07, 6.45) is -1.13. The minimum Gasteiger partial charge on any atom is -0.462 e. The Balaban J connectivity index is 1.80. The Bertz CT molecular complexity index is 1000. The van der Waals surface area contributed by atoms with Crippen LogP contribution < -0.4 is 0 Å². The maximum atomic E-state index is 14.2. The second-order valence-electron chi connectivity index (χ2n) is 11.5. The van der Waals surface area contributed by atoms with Crippen LogP contribution >= 0.6 is 0 Å². The van der Waals surface area contributed by atoms with Crippen LogP contribution in [0.3, 0.4) is 0 Å². The molecule has 1 spiro atoms. The number of ketones is 1. The Morgan fingerprint density at radius 1 is 1.03 bits per heavy atom. The summed E-state index contributed by atoms with van der Waals surface area (Å²) in [6.45, 7) is 10.4. The molecule has 0 aromatic carbocycles. The van der Waals surface area contributed by atoms with E-state index in [4.69, 9.17) is 18.9 Å². The van der Waals surface area contributed by atoms with E-state index < -0.39 is 65.2 Å². The second-order valence-corrected chi connectivity index (χ2v) is 11.5. The smallest absolute Gasteiger partial charge is 0.302 e. The molecule has 0 aromatic rings. The average molecular weight is 491 g/mol. The van der Waals surface area contributed by atoms with Crippen LogP contribution in [0.1, 0.15) is 59.8 Å². The van der Waals surface area contributed by atoms with Crippen molar-refractivity contribution in [3.8, 4) is 0 Å². The molecule has 4 bridgehead atoms. The summed E-state index contributed by atoms with van der Waals surface area (Å²) in [6, 6.07) is 0. The van der Waals surface area contributed by atoms with E-state index in [-0.39, 0.29) is 29.1 Å². The Hall–Kier alpha value is -2.26. The molecule has 35 heavy (non-hydrogen) atoms. The van der Waals surface area contributed by atoms with Gasteiger partial charge in [-0.2, -0.15) is 0 Å². The van der Waals surface area contributed by atoms with Crippen molar-refractivity contribution in [2.24, 2.45) is 34.0 Å². The lowest BCUT2D eigenvalue weighted by atomic mass is 9.37. The van der Waals surface area contributed by atoms with Crippen molar-refractivity contribution in [2.75, 3.05) is 6.61 Å². The fourth-order valence-corrected chi connectivity index (χ4v) is 8.85. The van der Waals surface area contributed by atoms with E-state index in [0.29, 0.717) is 19.4 Å². The number of Topliss-reactive ketones (excluding diaryl/α,β-unsaturated/α-hetero) is 1. The average Bonchev–Trinajstić information content (AvgIpc) is 2.87.